The van der Waals surface area contributed by atoms with Crippen molar-refractivity contribution < 1.29 is 73.3 Å². The maximum Gasteiger partial charge on any atom is 0.333 e. The van der Waals surface area contributed by atoms with Gasteiger partial charge in [0.25, 0.3) is 0 Å². The Morgan fingerprint density at radius 1 is 0.818 bits per heavy atom. The summed E-state index contributed by atoms with van der Waals surface area (Å²) in [5, 5.41) is 61.4. The van der Waals surface area contributed by atoms with E-state index in [4.69, 9.17) is 37.9 Å². The maximum atomic E-state index is 12.0. The summed E-state index contributed by atoms with van der Waals surface area (Å²) in [4.78, 5) is 12.0. The monoisotopic (exact) mass is 642 g/mol. The average molecular weight is 643 g/mol. The number of hydrogen-bond donors (Lipinski definition) is 6. The van der Waals surface area contributed by atoms with Crippen molar-refractivity contribution in [2.45, 2.75) is 153 Å². The molecule has 0 aromatic heterocycles. The van der Waals surface area contributed by atoms with Crippen LogP contribution in [0.5, 0.6) is 0 Å². The van der Waals surface area contributed by atoms with Crippen LogP contribution in [-0.2, 0) is 42.7 Å². The molecule has 3 rings (SSSR count). The maximum absolute atomic E-state index is 12.0. The molecule has 3 heterocycles. The molecule has 15 nitrogen and oxygen atoms in total. The number of hydrogen-bond acceptors (Lipinski definition) is 14. The highest BCUT2D eigenvalue weighted by Gasteiger charge is 2.45. The number of aliphatic hydroxyl groups excluding tert-OH is 5. The summed E-state index contributed by atoms with van der Waals surface area (Å²) in [6, 6.07) is 0. The fraction of sp³-hybridized carbons (Fsp3) is 0.966. The molecule has 7 unspecified atom stereocenters. The van der Waals surface area contributed by atoms with Gasteiger partial charge in [0.15, 0.2) is 25.0 Å². The lowest BCUT2D eigenvalue weighted by atomic mass is 10.0. The van der Waals surface area contributed by atoms with Crippen LogP contribution >= 0.6 is 0 Å². The molecular weight excluding hydrogens is 588 g/mol. The van der Waals surface area contributed by atoms with Gasteiger partial charge in [-0.25, -0.2) is 4.79 Å². The molecule has 0 aromatic carbocycles. The molecule has 0 aliphatic carbocycles. The van der Waals surface area contributed by atoms with Crippen LogP contribution in [0.2, 0.25) is 0 Å². The quantitative estimate of drug-likeness (QED) is 0.146. The number of carboxylic acids is 1. The van der Waals surface area contributed by atoms with Gasteiger partial charge in [0.05, 0.1) is 56.4 Å². The molecule has 0 radical (unpaired) electrons. The van der Waals surface area contributed by atoms with Crippen molar-refractivity contribution in [2.24, 2.45) is 0 Å². The molecule has 15 heteroatoms. The van der Waals surface area contributed by atoms with Gasteiger partial charge in [0, 0.05) is 32.8 Å². The minimum absolute atomic E-state index is 0.00969. The molecule has 14 atom stereocenters. The third kappa shape index (κ3) is 11.3. The number of carbonyl (C=O) groups is 1. The molecule has 6 N–H and O–H groups in total. The molecule has 3 saturated heterocycles. The Kier molecular flexibility index (Phi) is 17.4. The number of rotatable bonds is 14. The van der Waals surface area contributed by atoms with E-state index < -0.39 is 93.0 Å². The zero-order chi connectivity index (χ0) is 33.0. The van der Waals surface area contributed by atoms with Crippen molar-refractivity contribution in [1.82, 2.24) is 0 Å². The summed E-state index contributed by atoms with van der Waals surface area (Å²) >= 11 is 0. The first-order valence-electron chi connectivity index (χ1n) is 15.5. The Morgan fingerprint density at radius 3 is 2.02 bits per heavy atom. The van der Waals surface area contributed by atoms with E-state index in [0.717, 1.165) is 6.42 Å². The van der Waals surface area contributed by atoms with Crippen LogP contribution in [0.25, 0.3) is 0 Å². The molecule has 44 heavy (non-hydrogen) atoms. The Morgan fingerprint density at radius 2 is 1.43 bits per heavy atom. The number of methoxy groups -OCH3 is 1. The summed E-state index contributed by atoms with van der Waals surface area (Å²) < 4.78 is 45.7. The van der Waals surface area contributed by atoms with Gasteiger partial charge in [-0.1, -0.05) is 20.8 Å². The molecule has 260 valence electrons. The van der Waals surface area contributed by atoms with Crippen LogP contribution in [0.15, 0.2) is 0 Å². The third-order valence-electron chi connectivity index (χ3n) is 7.79. The van der Waals surface area contributed by atoms with E-state index in [-0.39, 0.29) is 37.9 Å². The Labute approximate surface area is 259 Å². The van der Waals surface area contributed by atoms with Crippen molar-refractivity contribution >= 4 is 5.97 Å². The average Bonchev–Trinajstić information content (AvgIpc) is 3.16. The standard InChI is InChI=1S/C27H48O15.C2H6/c1-5-13(2)36-12-14(3)37-22-7-16(31)26(21(11-29)41-22)42-23-6-15(30)17(8-19(39-23)27(33)34)38-24-9-18(35-4)25(32)20(10-28)40-24;1-2/h13-26,28-32H,5-12H2,1-4H3,(H,33,34);1-2H3/t13-,14?,15-,16-,17-,18?,19?,20?,21-,22?,23?,24?,25+,26+;/m1./s1. The molecule has 0 spiro atoms. The largest absolute Gasteiger partial charge is 0.479 e. The molecule has 3 aliphatic heterocycles. The molecule has 0 saturated carbocycles. The van der Waals surface area contributed by atoms with Crippen LogP contribution in [0, 0.1) is 0 Å². The molecule has 3 fully saturated rings. The lowest BCUT2D eigenvalue weighted by Gasteiger charge is -2.41. The fourth-order valence-electron chi connectivity index (χ4n) is 5.18. The SMILES string of the molecule is CC.CC[C@@H](C)OCC(C)OC1C[C@@H](O)[C@H](OC2C[C@@H](O)[C@H](OC3CC(OC)[C@H](O)C(CO)O3)CC(C(=O)O)O2)[C@@H](CO)O1. The van der Waals surface area contributed by atoms with E-state index >= 15 is 0 Å². The van der Waals surface area contributed by atoms with E-state index in [1.807, 2.05) is 27.7 Å². The normalized spacial score (nSPS) is 39.4. The van der Waals surface area contributed by atoms with Gasteiger partial charge in [-0.2, -0.15) is 0 Å². The Balaban J connectivity index is 0.00000330. The van der Waals surface area contributed by atoms with Gasteiger partial charge in [-0.3, -0.25) is 0 Å². The van der Waals surface area contributed by atoms with E-state index in [2.05, 4.69) is 0 Å². The highest BCUT2D eigenvalue weighted by molar-refractivity contribution is 5.72. The highest BCUT2D eigenvalue weighted by atomic mass is 16.7. The second kappa shape index (κ2) is 19.6. The number of aliphatic carboxylic acids is 1. The first-order valence-corrected chi connectivity index (χ1v) is 15.5. The first-order chi connectivity index (χ1) is 21.0. The zero-order valence-electron chi connectivity index (χ0n) is 26.6. The van der Waals surface area contributed by atoms with Crippen molar-refractivity contribution in [3.63, 3.8) is 0 Å². The van der Waals surface area contributed by atoms with E-state index in [0.29, 0.717) is 6.61 Å². The van der Waals surface area contributed by atoms with Crippen molar-refractivity contribution in [2.75, 3.05) is 26.9 Å². The van der Waals surface area contributed by atoms with Crippen LogP contribution in [0.3, 0.4) is 0 Å². The Hall–Kier alpha value is -1.05. The van der Waals surface area contributed by atoms with E-state index in [1.165, 1.54) is 7.11 Å². The fourth-order valence-corrected chi connectivity index (χ4v) is 5.18. The Bertz CT molecular complexity index is 791. The third-order valence-corrected chi connectivity index (χ3v) is 7.79. The van der Waals surface area contributed by atoms with Gasteiger partial charge >= 0.3 is 5.97 Å². The van der Waals surface area contributed by atoms with Gasteiger partial charge < -0.3 is 68.5 Å². The van der Waals surface area contributed by atoms with Crippen molar-refractivity contribution in [3.05, 3.63) is 0 Å². The second-order valence-electron chi connectivity index (χ2n) is 11.1. The van der Waals surface area contributed by atoms with Crippen LogP contribution < -0.4 is 0 Å². The van der Waals surface area contributed by atoms with E-state index in [9.17, 15) is 35.4 Å². The van der Waals surface area contributed by atoms with Gasteiger partial charge in [-0.05, 0) is 20.3 Å². The summed E-state index contributed by atoms with van der Waals surface area (Å²) in [6.07, 6.45) is -12.9. The minimum atomic E-state index is -1.45. The second-order valence-corrected chi connectivity index (χ2v) is 11.1. The van der Waals surface area contributed by atoms with Crippen LogP contribution in [0.1, 0.15) is 66.7 Å². The molecular formula is C29H54O15. The van der Waals surface area contributed by atoms with Gasteiger partial charge in [0.2, 0.25) is 0 Å². The summed E-state index contributed by atoms with van der Waals surface area (Å²) in [5.41, 5.74) is 0. The van der Waals surface area contributed by atoms with Crippen molar-refractivity contribution in [3.8, 4) is 0 Å². The van der Waals surface area contributed by atoms with Gasteiger partial charge in [-0.15, -0.1) is 0 Å². The minimum Gasteiger partial charge on any atom is -0.479 e. The van der Waals surface area contributed by atoms with Gasteiger partial charge in [0.1, 0.15) is 24.4 Å². The van der Waals surface area contributed by atoms with E-state index in [1.54, 1.807) is 6.92 Å². The van der Waals surface area contributed by atoms with Crippen LogP contribution in [-0.4, -0.2) is 150 Å². The van der Waals surface area contributed by atoms with Crippen LogP contribution in [0.4, 0.5) is 0 Å². The zero-order valence-corrected chi connectivity index (χ0v) is 26.6. The predicted octanol–water partition coefficient (Wildman–Crippen LogP) is -0.0948. The predicted molar refractivity (Wildman–Crippen MR) is 152 cm³/mol. The number of carboxylic acid groups (broad SMARTS) is 1. The summed E-state index contributed by atoms with van der Waals surface area (Å²) in [7, 11) is 1.39. The topological polar surface area (TPSA) is 212 Å². The van der Waals surface area contributed by atoms with Crippen molar-refractivity contribution in [1.29, 1.82) is 0 Å². The lowest BCUT2D eigenvalue weighted by molar-refractivity contribution is -0.306. The molecule has 0 aromatic rings. The molecule has 3 aliphatic rings. The smallest absolute Gasteiger partial charge is 0.333 e. The summed E-state index contributed by atoms with van der Waals surface area (Å²) in [5.74, 6) is -1.32. The number of aliphatic hydroxyl groups is 5. The lowest BCUT2D eigenvalue weighted by Crippen LogP contribution is -2.54. The summed E-state index contributed by atoms with van der Waals surface area (Å²) in [6.45, 7) is 9.06. The molecule has 0 bridgehead atoms. The number of ether oxygens (including phenoxy) is 8. The highest BCUT2D eigenvalue weighted by Crippen LogP contribution is 2.32. The first kappa shape index (κ1) is 39.1. The molecule has 0 amide bonds.